The van der Waals surface area contributed by atoms with Crippen molar-refractivity contribution in [2.75, 3.05) is 26.2 Å². The van der Waals surface area contributed by atoms with Crippen LogP contribution in [0.15, 0.2) is 48.8 Å². The van der Waals surface area contributed by atoms with Crippen LogP contribution in [0.2, 0.25) is 0 Å². The van der Waals surface area contributed by atoms with E-state index in [0.717, 1.165) is 51.1 Å². The van der Waals surface area contributed by atoms with Crippen molar-refractivity contribution in [1.82, 2.24) is 14.8 Å². The number of carbonyl (C=O) groups is 1. The Labute approximate surface area is 147 Å². The van der Waals surface area contributed by atoms with Crippen molar-refractivity contribution in [2.45, 2.75) is 24.8 Å². The van der Waals surface area contributed by atoms with E-state index in [1.54, 1.807) is 18.3 Å². The number of hydrogen-bond acceptors (Lipinski definition) is 3. The lowest BCUT2D eigenvalue weighted by atomic mass is 9.94. The molecule has 1 saturated carbocycles. The fourth-order valence-corrected chi connectivity index (χ4v) is 3.68. The highest BCUT2D eigenvalue weighted by molar-refractivity contribution is 5.91. The second-order valence-electron chi connectivity index (χ2n) is 7.02. The van der Waals surface area contributed by atoms with Gasteiger partial charge in [0.05, 0.1) is 5.41 Å². The van der Waals surface area contributed by atoms with E-state index in [0.29, 0.717) is 0 Å². The summed E-state index contributed by atoms with van der Waals surface area (Å²) in [5.41, 5.74) is 1.75. The molecule has 0 N–H and O–H groups in total. The Kier molecular flexibility index (Phi) is 4.25. The molecule has 5 heteroatoms. The topological polar surface area (TPSA) is 36.4 Å². The van der Waals surface area contributed by atoms with Gasteiger partial charge in [0.1, 0.15) is 5.82 Å². The lowest BCUT2D eigenvalue weighted by Gasteiger charge is -2.36. The van der Waals surface area contributed by atoms with Crippen molar-refractivity contribution >= 4 is 5.91 Å². The zero-order valence-electron chi connectivity index (χ0n) is 14.2. The van der Waals surface area contributed by atoms with E-state index >= 15 is 0 Å². The molecule has 1 saturated heterocycles. The third-order valence-corrected chi connectivity index (χ3v) is 5.34. The molecule has 4 nitrogen and oxygen atoms in total. The van der Waals surface area contributed by atoms with Crippen molar-refractivity contribution in [2.24, 2.45) is 0 Å². The molecule has 0 atom stereocenters. The van der Waals surface area contributed by atoms with Crippen molar-refractivity contribution < 1.29 is 9.18 Å². The highest BCUT2D eigenvalue weighted by atomic mass is 19.1. The Morgan fingerprint density at radius 2 is 1.80 bits per heavy atom. The molecule has 1 aliphatic carbocycles. The molecular formula is C20H22FN3O. The minimum absolute atomic E-state index is 0.208. The Bertz CT molecular complexity index is 735. The van der Waals surface area contributed by atoms with Gasteiger partial charge in [-0.25, -0.2) is 4.39 Å². The molecule has 0 bridgehead atoms. The van der Waals surface area contributed by atoms with E-state index in [2.05, 4.69) is 16.0 Å². The van der Waals surface area contributed by atoms with Crippen molar-refractivity contribution in [3.05, 3.63) is 65.7 Å². The Morgan fingerprint density at radius 1 is 1.08 bits per heavy atom. The van der Waals surface area contributed by atoms with E-state index in [1.165, 1.54) is 17.7 Å². The van der Waals surface area contributed by atoms with Gasteiger partial charge in [0.25, 0.3) is 0 Å². The summed E-state index contributed by atoms with van der Waals surface area (Å²) in [6, 6.07) is 10.5. The van der Waals surface area contributed by atoms with Gasteiger partial charge in [-0.3, -0.25) is 14.7 Å². The van der Waals surface area contributed by atoms with Gasteiger partial charge in [0, 0.05) is 45.1 Å². The predicted molar refractivity (Wildman–Crippen MR) is 93.4 cm³/mol. The van der Waals surface area contributed by atoms with Gasteiger partial charge in [-0.1, -0.05) is 18.2 Å². The summed E-state index contributed by atoms with van der Waals surface area (Å²) in [7, 11) is 0. The lowest BCUT2D eigenvalue weighted by Crippen LogP contribution is -2.51. The Balaban J connectivity index is 1.37. The van der Waals surface area contributed by atoms with Crippen LogP contribution in [0.5, 0.6) is 0 Å². The first-order valence-electron chi connectivity index (χ1n) is 8.84. The largest absolute Gasteiger partial charge is 0.339 e. The zero-order chi connectivity index (χ0) is 17.3. The van der Waals surface area contributed by atoms with E-state index < -0.39 is 5.41 Å². The minimum Gasteiger partial charge on any atom is -0.339 e. The quantitative estimate of drug-likeness (QED) is 0.859. The molecule has 2 fully saturated rings. The SMILES string of the molecule is O=C(N1CCN(Cc2cccnc2)CC1)C1(c2ccc(F)cc2)CC1. The molecule has 2 heterocycles. The first kappa shape index (κ1) is 16.2. The number of hydrogen-bond donors (Lipinski definition) is 0. The number of rotatable bonds is 4. The van der Waals surface area contributed by atoms with E-state index in [9.17, 15) is 9.18 Å². The molecule has 1 amide bonds. The van der Waals surface area contributed by atoms with Crippen LogP contribution in [-0.4, -0.2) is 46.9 Å². The molecule has 2 aliphatic rings. The number of pyridine rings is 1. The van der Waals surface area contributed by atoms with E-state index in [4.69, 9.17) is 0 Å². The maximum absolute atomic E-state index is 13.2. The summed E-state index contributed by atoms with van der Waals surface area (Å²) in [6.45, 7) is 4.13. The third-order valence-electron chi connectivity index (χ3n) is 5.34. The van der Waals surface area contributed by atoms with Crippen LogP contribution in [-0.2, 0) is 16.8 Å². The summed E-state index contributed by atoms with van der Waals surface area (Å²) >= 11 is 0. The van der Waals surface area contributed by atoms with Gasteiger partial charge < -0.3 is 4.90 Å². The first-order chi connectivity index (χ1) is 12.2. The molecule has 2 aromatic rings. The molecule has 25 heavy (non-hydrogen) atoms. The van der Waals surface area contributed by atoms with Gasteiger partial charge in [-0.15, -0.1) is 0 Å². The Morgan fingerprint density at radius 3 is 2.40 bits per heavy atom. The van der Waals surface area contributed by atoms with Crippen LogP contribution in [0.1, 0.15) is 24.0 Å². The maximum atomic E-state index is 13.2. The van der Waals surface area contributed by atoms with Crippen LogP contribution in [0, 0.1) is 5.82 Å². The van der Waals surface area contributed by atoms with Gasteiger partial charge in [-0.05, 0) is 42.2 Å². The Hall–Kier alpha value is -2.27. The molecule has 130 valence electrons. The minimum atomic E-state index is -0.404. The summed E-state index contributed by atoms with van der Waals surface area (Å²) in [5.74, 6) is -0.0452. The van der Waals surface area contributed by atoms with Crippen molar-refractivity contribution in [3.8, 4) is 0 Å². The van der Waals surface area contributed by atoms with Gasteiger partial charge in [-0.2, -0.15) is 0 Å². The molecule has 0 unspecified atom stereocenters. The summed E-state index contributed by atoms with van der Waals surface area (Å²) in [5, 5.41) is 0. The second kappa shape index (κ2) is 6.56. The molecular weight excluding hydrogens is 317 g/mol. The normalized spacial score (nSPS) is 19.6. The summed E-state index contributed by atoms with van der Waals surface area (Å²) in [6.07, 6.45) is 5.41. The number of nitrogens with zero attached hydrogens (tertiary/aromatic N) is 3. The van der Waals surface area contributed by atoms with Gasteiger partial charge >= 0.3 is 0 Å². The fourth-order valence-electron chi connectivity index (χ4n) is 3.68. The van der Waals surface area contributed by atoms with Crippen LogP contribution in [0.25, 0.3) is 0 Å². The molecule has 1 aromatic carbocycles. The molecule has 1 aromatic heterocycles. The molecule has 0 radical (unpaired) electrons. The number of halogens is 1. The molecule has 0 spiro atoms. The molecule has 1 aliphatic heterocycles. The van der Waals surface area contributed by atoms with Crippen molar-refractivity contribution in [3.63, 3.8) is 0 Å². The number of piperazine rings is 1. The predicted octanol–water partition coefficient (Wildman–Crippen LogP) is 2.60. The highest BCUT2D eigenvalue weighted by Crippen LogP contribution is 2.49. The van der Waals surface area contributed by atoms with E-state index in [-0.39, 0.29) is 11.7 Å². The zero-order valence-corrected chi connectivity index (χ0v) is 14.2. The summed E-state index contributed by atoms with van der Waals surface area (Å²) < 4.78 is 13.2. The van der Waals surface area contributed by atoms with Crippen LogP contribution < -0.4 is 0 Å². The first-order valence-corrected chi connectivity index (χ1v) is 8.84. The van der Waals surface area contributed by atoms with E-state index in [1.807, 2.05) is 17.2 Å². The average molecular weight is 339 g/mol. The third kappa shape index (κ3) is 3.29. The second-order valence-corrected chi connectivity index (χ2v) is 7.02. The maximum Gasteiger partial charge on any atom is 0.233 e. The highest BCUT2D eigenvalue weighted by Gasteiger charge is 2.53. The van der Waals surface area contributed by atoms with Gasteiger partial charge in [0.15, 0.2) is 0 Å². The van der Waals surface area contributed by atoms with Crippen LogP contribution in [0.4, 0.5) is 4.39 Å². The fraction of sp³-hybridized carbons (Fsp3) is 0.400. The summed E-state index contributed by atoms with van der Waals surface area (Å²) in [4.78, 5) is 21.5. The van der Waals surface area contributed by atoms with Crippen molar-refractivity contribution in [1.29, 1.82) is 0 Å². The number of aromatic nitrogens is 1. The number of benzene rings is 1. The average Bonchev–Trinajstić information content (AvgIpc) is 3.45. The van der Waals surface area contributed by atoms with Gasteiger partial charge in [0.2, 0.25) is 5.91 Å². The number of amides is 1. The van der Waals surface area contributed by atoms with Crippen LogP contribution in [0.3, 0.4) is 0 Å². The standard InChI is InChI=1S/C20H22FN3O/c21-18-5-3-17(4-6-18)20(7-8-20)19(25)24-12-10-23(11-13-24)15-16-2-1-9-22-14-16/h1-6,9,14H,7-8,10-13,15H2. The smallest absolute Gasteiger partial charge is 0.233 e. The lowest BCUT2D eigenvalue weighted by molar-refractivity contribution is -0.135. The number of carbonyl (C=O) groups excluding carboxylic acids is 1. The monoisotopic (exact) mass is 339 g/mol. The molecule has 4 rings (SSSR count). The van der Waals surface area contributed by atoms with Crippen LogP contribution >= 0.6 is 0 Å².